The first-order chi connectivity index (χ1) is 12.2. The van der Waals surface area contributed by atoms with Crippen LogP contribution < -0.4 is 9.47 Å². The van der Waals surface area contributed by atoms with E-state index in [4.69, 9.17) is 9.47 Å². The van der Waals surface area contributed by atoms with E-state index in [0.29, 0.717) is 31.3 Å². The topological polar surface area (TPSA) is 67.7 Å². The van der Waals surface area contributed by atoms with Crippen molar-refractivity contribution < 1.29 is 19.0 Å². The maximum atomic E-state index is 12.9. The smallest absolute Gasteiger partial charge is 0.221 e. The molecule has 1 aromatic carbocycles. The first kappa shape index (κ1) is 17.6. The summed E-state index contributed by atoms with van der Waals surface area (Å²) < 4.78 is 24.0. The zero-order valence-corrected chi connectivity index (χ0v) is 14.2. The molecule has 2 heterocycles. The summed E-state index contributed by atoms with van der Waals surface area (Å²) in [4.78, 5) is 10.7. The monoisotopic (exact) mass is 347 g/mol. The Labute approximate surface area is 146 Å². The number of aromatic nitrogens is 2. The van der Waals surface area contributed by atoms with Crippen molar-refractivity contribution in [1.82, 2.24) is 14.9 Å². The molecular formula is C18H22FN3O3. The van der Waals surface area contributed by atoms with E-state index in [1.165, 1.54) is 18.5 Å². The molecule has 0 saturated carbocycles. The number of β-amino-alcohol motifs (C(OH)–C–C–N with tert-alkyl or cyclic N) is 1. The van der Waals surface area contributed by atoms with Crippen LogP contribution in [-0.2, 0) is 13.0 Å². The number of aliphatic hydroxyl groups excluding tert-OH is 1. The van der Waals surface area contributed by atoms with Crippen molar-refractivity contribution in [2.24, 2.45) is 0 Å². The molecule has 1 aromatic heterocycles. The van der Waals surface area contributed by atoms with Crippen LogP contribution in [0, 0.1) is 5.82 Å². The van der Waals surface area contributed by atoms with Crippen molar-refractivity contribution in [1.29, 1.82) is 0 Å². The van der Waals surface area contributed by atoms with Gasteiger partial charge in [-0.25, -0.2) is 14.4 Å². The van der Waals surface area contributed by atoms with Gasteiger partial charge in [0.1, 0.15) is 30.6 Å². The minimum absolute atomic E-state index is 0.151. The minimum atomic E-state index is -0.647. The molecule has 1 atom stereocenters. The second-order valence-corrected chi connectivity index (χ2v) is 5.94. The fourth-order valence-corrected chi connectivity index (χ4v) is 2.86. The molecular weight excluding hydrogens is 325 g/mol. The summed E-state index contributed by atoms with van der Waals surface area (Å²) in [5.41, 5.74) is 1.99. The summed E-state index contributed by atoms with van der Waals surface area (Å²) in [6, 6.07) is 5.76. The van der Waals surface area contributed by atoms with Gasteiger partial charge in [0, 0.05) is 31.6 Å². The quantitative estimate of drug-likeness (QED) is 0.824. The number of hydrogen-bond donors (Lipinski definition) is 1. The molecule has 25 heavy (non-hydrogen) atoms. The zero-order valence-electron chi connectivity index (χ0n) is 14.2. The largest absolute Gasteiger partial charge is 0.491 e. The van der Waals surface area contributed by atoms with E-state index in [-0.39, 0.29) is 12.4 Å². The second-order valence-electron chi connectivity index (χ2n) is 5.94. The van der Waals surface area contributed by atoms with Gasteiger partial charge in [0.25, 0.3) is 0 Å². The first-order valence-corrected chi connectivity index (χ1v) is 8.40. The van der Waals surface area contributed by atoms with E-state index in [1.807, 2.05) is 6.92 Å². The molecule has 7 heteroatoms. The van der Waals surface area contributed by atoms with Crippen LogP contribution in [0.5, 0.6) is 11.6 Å². The predicted octanol–water partition coefficient (Wildman–Crippen LogP) is 1.81. The van der Waals surface area contributed by atoms with Crippen LogP contribution in [0.3, 0.4) is 0 Å². The van der Waals surface area contributed by atoms with Gasteiger partial charge in [0.2, 0.25) is 5.88 Å². The molecule has 0 spiro atoms. The molecule has 0 radical (unpaired) electrons. The molecule has 134 valence electrons. The van der Waals surface area contributed by atoms with E-state index in [9.17, 15) is 9.50 Å². The first-order valence-electron chi connectivity index (χ1n) is 8.40. The van der Waals surface area contributed by atoms with Crippen LogP contribution >= 0.6 is 0 Å². The van der Waals surface area contributed by atoms with Gasteiger partial charge in [-0.2, -0.15) is 0 Å². The summed E-state index contributed by atoms with van der Waals surface area (Å²) in [5, 5.41) is 10.2. The van der Waals surface area contributed by atoms with Crippen molar-refractivity contribution in [2.45, 2.75) is 26.0 Å². The van der Waals surface area contributed by atoms with Gasteiger partial charge in [0.15, 0.2) is 0 Å². The van der Waals surface area contributed by atoms with Crippen molar-refractivity contribution in [3.8, 4) is 11.6 Å². The Morgan fingerprint density at radius 1 is 1.24 bits per heavy atom. The molecule has 1 aliphatic rings. The van der Waals surface area contributed by atoms with Gasteiger partial charge in [-0.1, -0.05) is 0 Å². The zero-order chi connectivity index (χ0) is 17.6. The lowest BCUT2D eigenvalue weighted by atomic mass is 10.1. The maximum Gasteiger partial charge on any atom is 0.221 e. The van der Waals surface area contributed by atoms with Crippen LogP contribution in [0.4, 0.5) is 4.39 Å². The van der Waals surface area contributed by atoms with Crippen LogP contribution in [-0.4, -0.2) is 52.4 Å². The highest BCUT2D eigenvalue weighted by Gasteiger charge is 2.23. The van der Waals surface area contributed by atoms with Gasteiger partial charge in [-0.05, 0) is 31.2 Å². The van der Waals surface area contributed by atoms with Gasteiger partial charge in [0.05, 0.1) is 12.3 Å². The van der Waals surface area contributed by atoms with Crippen LogP contribution in [0.15, 0.2) is 30.6 Å². The fraction of sp³-hybridized carbons (Fsp3) is 0.444. The molecule has 0 amide bonds. The predicted molar refractivity (Wildman–Crippen MR) is 90.1 cm³/mol. The Hall–Kier alpha value is -2.25. The number of rotatable bonds is 7. The van der Waals surface area contributed by atoms with Crippen LogP contribution in [0.1, 0.15) is 18.2 Å². The third-order valence-corrected chi connectivity index (χ3v) is 4.05. The van der Waals surface area contributed by atoms with Gasteiger partial charge >= 0.3 is 0 Å². The minimum Gasteiger partial charge on any atom is -0.491 e. The summed E-state index contributed by atoms with van der Waals surface area (Å²) in [6.45, 7) is 4.55. The average Bonchev–Trinajstić information content (AvgIpc) is 2.62. The SMILES string of the molecule is CCOc1ncnc2c1CN(C[C@@H](O)COc1ccc(F)cc1)CC2. The number of halogens is 1. The lowest BCUT2D eigenvalue weighted by molar-refractivity contribution is 0.0629. The van der Waals surface area contributed by atoms with Crippen LogP contribution in [0.2, 0.25) is 0 Å². The third-order valence-electron chi connectivity index (χ3n) is 4.05. The van der Waals surface area contributed by atoms with Crippen LogP contribution in [0.25, 0.3) is 0 Å². The van der Waals surface area contributed by atoms with E-state index in [2.05, 4.69) is 14.9 Å². The lowest BCUT2D eigenvalue weighted by Crippen LogP contribution is -2.39. The van der Waals surface area contributed by atoms with Crippen molar-refractivity contribution >= 4 is 0 Å². The highest BCUT2D eigenvalue weighted by atomic mass is 19.1. The van der Waals surface area contributed by atoms with E-state index >= 15 is 0 Å². The highest BCUT2D eigenvalue weighted by molar-refractivity contribution is 5.31. The number of aliphatic hydroxyl groups is 1. The molecule has 0 fully saturated rings. The van der Waals surface area contributed by atoms with Gasteiger partial charge in [-0.3, -0.25) is 4.90 Å². The molecule has 1 N–H and O–H groups in total. The third kappa shape index (κ3) is 4.64. The Bertz CT molecular complexity index is 696. The molecule has 2 aromatic rings. The number of benzene rings is 1. The normalized spacial score (nSPS) is 15.5. The summed E-state index contributed by atoms with van der Waals surface area (Å²) >= 11 is 0. The molecule has 0 bridgehead atoms. The molecule has 6 nitrogen and oxygen atoms in total. The fourth-order valence-electron chi connectivity index (χ4n) is 2.86. The van der Waals surface area contributed by atoms with Crippen molar-refractivity contribution in [2.75, 3.05) is 26.3 Å². The van der Waals surface area contributed by atoms with Gasteiger partial charge in [-0.15, -0.1) is 0 Å². The molecule has 0 saturated heterocycles. The molecule has 0 aliphatic carbocycles. The molecule has 1 aliphatic heterocycles. The second kappa shape index (κ2) is 8.22. The Morgan fingerprint density at radius 3 is 2.80 bits per heavy atom. The van der Waals surface area contributed by atoms with E-state index in [1.54, 1.807) is 12.1 Å². The standard InChI is InChI=1S/C18H22FN3O3/c1-2-24-18-16-10-22(8-7-17(16)20-12-21-18)9-14(23)11-25-15-5-3-13(19)4-6-15/h3-6,12,14,23H,2,7-11H2,1H3/t14-/m1/s1. The number of ether oxygens (including phenoxy) is 2. The van der Waals surface area contributed by atoms with Crippen molar-refractivity contribution in [3.63, 3.8) is 0 Å². The Morgan fingerprint density at radius 2 is 2.04 bits per heavy atom. The molecule has 3 rings (SSSR count). The summed E-state index contributed by atoms with van der Waals surface area (Å²) in [5.74, 6) is 0.845. The lowest BCUT2D eigenvalue weighted by Gasteiger charge is -2.30. The maximum absolute atomic E-state index is 12.9. The van der Waals surface area contributed by atoms with E-state index in [0.717, 1.165) is 24.2 Å². The summed E-state index contributed by atoms with van der Waals surface area (Å²) in [6.07, 6.45) is 1.68. The number of fused-ring (bicyclic) bond motifs is 1. The van der Waals surface area contributed by atoms with Crippen molar-refractivity contribution in [3.05, 3.63) is 47.7 Å². The summed E-state index contributed by atoms with van der Waals surface area (Å²) in [7, 11) is 0. The Kier molecular flexibility index (Phi) is 5.78. The number of nitrogens with zero attached hydrogens (tertiary/aromatic N) is 3. The average molecular weight is 347 g/mol. The van der Waals surface area contributed by atoms with Gasteiger partial charge < -0.3 is 14.6 Å². The van der Waals surface area contributed by atoms with E-state index < -0.39 is 6.10 Å². The number of hydrogen-bond acceptors (Lipinski definition) is 6. The Balaban J connectivity index is 1.54. The highest BCUT2D eigenvalue weighted by Crippen LogP contribution is 2.24. The molecule has 0 unspecified atom stereocenters.